The Morgan fingerprint density at radius 1 is 0.919 bits per heavy atom. The summed E-state index contributed by atoms with van der Waals surface area (Å²) in [6.07, 6.45) is 9.51. The van der Waals surface area contributed by atoms with Crippen LogP contribution in [0.1, 0.15) is 63.9 Å². The van der Waals surface area contributed by atoms with Gasteiger partial charge in [-0.1, -0.05) is 82.2 Å². The van der Waals surface area contributed by atoms with E-state index in [0.717, 1.165) is 31.2 Å². The molecule has 2 nitrogen and oxygen atoms in total. The third kappa shape index (κ3) is 7.27. The van der Waals surface area contributed by atoms with Gasteiger partial charge in [0.05, 0.1) is 0 Å². The second-order valence-corrected chi connectivity index (χ2v) is 9.83. The quantitative estimate of drug-likeness (QED) is 0.238. The molecule has 0 saturated heterocycles. The first-order chi connectivity index (χ1) is 17.9. The fourth-order valence-corrected chi connectivity index (χ4v) is 5.19. The Kier molecular flexibility index (Phi) is 9.48. The molecule has 0 aliphatic heterocycles. The largest absolute Gasteiger partial charge is 0.453 e. The molecule has 37 heavy (non-hydrogen) atoms. The molecule has 0 aromatic heterocycles. The summed E-state index contributed by atoms with van der Waals surface area (Å²) < 4.78 is 65.2. The van der Waals surface area contributed by atoms with Gasteiger partial charge < -0.3 is 9.47 Å². The summed E-state index contributed by atoms with van der Waals surface area (Å²) in [5.41, 5.74) is 1.34. The zero-order chi connectivity index (χ0) is 26.2. The van der Waals surface area contributed by atoms with Crippen molar-refractivity contribution in [2.24, 2.45) is 11.8 Å². The van der Waals surface area contributed by atoms with Crippen molar-refractivity contribution < 1.29 is 27.0 Å². The maximum absolute atomic E-state index is 15.4. The van der Waals surface area contributed by atoms with Crippen LogP contribution >= 0.6 is 0 Å². The van der Waals surface area contributed by atoms with Gasteiger partial charge in [-0.25, -0.2) is 8.78 Å². The lowest BCUT2D eigenvalue weighted by atomic mass is 9.78. The van der Waals surface area contributed by atoms with E-state index in [-0.39, 0.29) is 17.1 Å². The van der Waals surface area contributed by atoms with Crippen molar-refractivity contribution >= 4 is 0 Å². The van der Waals surface area contributed by atoms with E-state index in [0.29, 0.717) is 29.2 Å². The van der Waals surface area contributed by atoms with E-state index in [9.17, 15) is 13.2 Å². The van der Waals surface area contributed by atoms with Crippen LogP contribution in [0, 0.1) is 29.5 Å². The maximum Gasteiger partial charge on any atom is 0.387 e. The minimum absolute atomic E-state index is 0.0350. The molecule has 197 valence electrons. The minimum atomic E-state index is -2.91. The fourth-order valence-electron chi connectivity index (χ4n) is 5.19. The fraction of sp³-hybridized carbons (Fsp3) is 0.419. The highest BCUT2D eigenvalue weighted by molar-refractivity contribution is 5.71. The first-order valence-electron chi connectivity index (χ1n) is 13.1. The summed E-state index contributed by atoms with van der Waals surface area (Å²) in [5.74, 6) is 0.172. The van der Waals surface area contributed by atoms with E-state index in [1.54, 1.807) is 36.4 Å². The van der Waals surface area contributed by atoms with Gasteiger partial charge in [0.1, 0.15) is 17.3 Å². The van der Waals surface area contributed by atoms with Crippen molar-refractivity contribution in [3.05, 3.63) is 77.9 Å². The number of hydrogen-bond acceptors (Lipinski definition) is 2. The van der Waals surface area contributed by atoms with Gasteiger partial charge in [-0.3, -0.25) is 0 Å². The van der Waals surface area contributed by atoms with Gasteiger partial charge in [-0.15, -0.1) is 0 Å². The number of hydrogen-bond donors (Lipinski definition) is 0. The predicted molar refractivity (Wildman–Crippen MR) is 137 cm³/mol. The van der Waals surface area contributed by atoms with Crippen LogP contribution in [0.4, 0.5) is 17.6 Å². The summed E-state index contributed by atoms with van der Waals surface area (Å²) in [5, 5.41) is 0. The van der Waals surface area contributed by atoms with Crippen LogP contribution < -0.4 is 9.47 Å². The van der Waals surface area contributed by atoms with E-state index in [1.807, 2.05) is 0 Å². The molecule has 1 saturated carbocycles. The molecule has 1 fully saturated rings. The molecule has 4 rings (SSSR count). The molecule has 0 atom stereocenters. The molecule has 0 N–H and O–H groups in total. The maximum atomic E-state index is 15.4. The van der Waals surface area contributed by atoms with Crippen molar-refractivity contribution in [1.29, 1.82) is 0 Å². The standard InChI is InChI=1S/C31H33F4O2/c1-2-3-6-21-9-11-22(12-10-21)13-18-26-27(32)19-20-29(30(26)33)37-28-8-5-4-7-25(28)23-14-16-24(17-15-23)36-31(34)35/h4-5,7-8,14-17,19,21-22,31H,2-3,6,9-13,18H2,1H3/t21-,22-. The Bertz CT molecular complexity index is 1140. The van der Waals surface area contributed by atoms with E-state index in [4.69, 9.17) is 4.74 Å². The van der Waals surface area contributed by atoms with Gasteiger partial charge in [0.2, 0.25) is 0 Å². The third-order valence-corrected chi connectivity index (χ3v) is 7.31. The van der Waals surface area contributed by atoms with Crippen molar-refractivity contribution in [1.82, 2.24) is 0 Å². The molecule has 0 unspecified atom stereocenters. The Hall–Kier alpha value is -3.02. The van der Waals surface area contributed by atoms with Crippen LogP contribution in [-0.4, -0.2) is 6.61 Å². The number of rotatable bonds is 11. The Balaban J connectivity index is 1.45. The lowest BCUT2D eigenvalue weighted by Gasteiger charge is -2.28. The summed E-state index contributed by atoms with van der Waals surface area (Å²) >= 11 is 0. The number of halogens is 4. The van der Waals surface area contributed by atoms with Crippen LogP contribution in [0.15, 0.2) is 54.6 Å². The average molecular weight is 514 g/mol. The van der Waals surface area contributed by atoms with Crippen molar-refractivity contribution in [3.63, 3.8) is 0 Å². The van der Waals surface area contributed by atoms with E-state index in [2.05, 4.69) is 17.7 Å². The third-order valence-electron chi connectivity index (χ3n) is 7.31. The van der Waals surface area contributed by atoms with E-state index in [1.165, 1.54) is 44.2 Å². The van der Waals surface area contributed by atoms with Crippen LogP contribution in [-0.2, 0) is 6.42 Å². The summed E-state index contributed by atoms with van der Waals surface area (Å²) in [6, 6.07) is 16.8. The minimum Gasteiger partial charge on any atom is -0.453 e. The second-order valence-electron chi connectivity index (χ2n) is 9.83. The molecule has 6 heteroatoms. The summed E-state index contributed by atoms with van der Waals surface area (Å²) in [6.45, 7) is -0.692. The van der Waals surface area contributed by atoms with Crippen molar-refractivity contribution in [2.75, 3.05) is 0 Å². The molecule has 1 radical (unpaired) electrons. The second kappa shape index (κ2) is 13.0. The van der Waals surface area contributed by atoms with Crippen molar-refractivity contribution in [3.8, 4) is 28.4 Å². The molecular formula is C31H33F4O2. The Morgan fingerprint density at radius 3 is 2.27 bits per heavy atom. The van der Waals surface area contributed by atoms with Crippen LogP contribution in [0.3, 0.4) is 0 Å². The molecule has 3 aromatic carbocycles. The van der Waals surface area contributed by atoms with Gasteiger partial charge >= 0.3 is 6.61 Å². The molecule has 0 heterocycles. The van der Waals surface area contributed by atoms with E-state index < -0.39 is 18.2 Å². The molecule has 0 amide bonds. The average Bonchev–Trinajstić information content (AvgIpc) is 2.90. The van der Waals surface area contributed by atoms with Gasteiger partial charge in [0.25, 0.3) is 0 Å². The van der Waals surface area contributed by atoms with Gasteiger partial charge in [0.15, 0.2) is 11.6 Å². The molecule has 1 aliphatic rings. The van der Waals surface area contributed by atoms with Crippen molar-refractivity contribution in [2.45, 2.75) is 71.3 Å². The van der Waals surface area contributed by atoms with Crippen LogP contribution in [0.2, 0.25) is 0 Å². The highest BCUT2D eigenvalue weighted by Gasteiger charge is 2.23. The summed E-state index contributed by atoms with van der Waals surface area (Å²) in [7, 11) is 0. The molecule has 0 spiro atoms. The normalized spacial score (nSPS) is 17.7. The number of para-hydroxylation sites is 1. The SMILES string of the molecule is CCCC[C@H]1CC[C@H](CCc2c(F)c[c]c(Oc3ccccc3-c3ccc(OC(F)F)cc3)c2F)CC1. The monoisotopic (exact) mass is 513 g/mol. The number of ether oxygens (including phenoxy) is 2. The topological polar surface area (TPSA) is 18.5 Å². The van der Waals surface area contributed by atoms with Gasteiger partial charge in [-0.05, 0) is 54.5 Å². The Labute approximate surface area is 216 Å². The molecule has 1 aliphatic carbocycles. The lowest BCUT2D eigenvalue weighted by molar-refractivity contribution is -0.0498. The zero-order valence-electron chi connectivity index (χ0n) is 21.1. The highest BCUT2D eigenvalue weighted by atomic mass is 19.3. The first kappa shape index (κ1) is 27.0. The number of benzene rings is 3. The predicted octanol–water partition coefficient (Wildman–Crippen LogP) is 9.75. The van der Waals surface area contributed by atoms with Crippen LogP contribution in [0.25, 0.3) is 11.1 Å². The number of unbranched alkanes of at least 4 members (excludes halogenated alkanes) is 1. The smallest absolute Gasteiger partial charge is 0.387 e. The first-order valence-corrected chi connectivity index (χ1v) is 13.1. The van der Waals surface area contributed by atoms with Gasteiger partial charge in [-0.2, -0.15) is 8.78 Å². The van der Waals surface area contributed by atoms with Gasteiger partial charge in [0, 0.05) is 17.2 Å². The summed E-state index contributed by atoms with van der Waals surface area (Å²) in [4.78, 5) is 0. The zero-order valence-corrected chi connectivity index (χ0v) is 21.1. The lowest BCUT2D eigenvalue weighted by Crippen LogP contribution is -2.15. The number of alkyl halides is 2. The Morgan fingerprint density at radius 2 is 1.59 bits per heavy atom. The molecule has 0 bridgehead atoms. The van der Waals surface area contributed by atoms with Crippen LogP contribution in [0.5, 0.6) is 17.2 Å². The highest BCUT2D eigenvalue weighted by Crippen LogP contribution is 2.38. The molecular weight excluding hydrogens is 480 g/mol. The van der Waals surface area contributed by atoms with E-state index >= 15 is 4.39 Å². The molecule has 3 aromatic rings.